The Labute approximate surface area is 191 Å². The van der Waals surface area contributed by atoms with Crippen LogP contribution in [0.1, 0.15) is 5.56 Å². The average Bonchev–Trinajstić information content (AvgIpc) is 3.31. The SMILES string of the molecule is O=C(CSc1nc2ccccc2c(=O)n1Cc1ccccc1)Nc1cccc2nsnc12. The number of carbonyl (C=O) groups is 1. The highest BCUT2D eigenvalue weighted by Gasteiger charge is 2.15. The highest BCUT2D eigenvalue weighted by Crippen LogP contribution is 2.23. The van der Waals surface area contributed by atoms with Gasteiger partial charge in [0, 0.05) is 0 Å². The lowest BCUT2D eigenvalue weighted by atomic mass is 10.2. The van der Waals surface area contributed by atoms with Crippen LogP contribution in [0.4, 0.5) is 5.69 Å². The number of rotatable bonds is 6. The number of benzene rings is 3. The smallest absolute Gasteiger partial charge is 0.262 e. The Bertz CT molecular complexity index is 1480. The van der Waals surface area contributed by atoms with Crippen molar-refractivity contribution in [1.82, 2.24) is 18.3 Å². The number of fused-ring (bicyclic) bond motifs is 2. The Morgan fingerprint density at radius 3 is 2.59 bits per heavy atom. The predicted molar refractivity (Wildman–Crippen MR) is 128 cm³/mol. The first-order valence-electron chi connectivity index (χ1n) is 9.86. The predicted octanol–water partition coefficient (Wildman–Crippen LogP) is 4.18. The van der Waals surface area contributed by atoms with Crippen LogP contribution in [0.15, 0.2) is 82.7 Å². The molecule has 158 valence electrons. The molecule has 0 saturated carbocycles. The Balaban J connectivity index is 1.42. The minimum atomic E-state index is -0.204. The molecule has 7 nitrogen and oxygen atoms in total. The molecule has 0 atom stereocenters. The third kappa shape index (κ3) is 4.12. The molecular formula is C23H17N5O2S2. The van der Waals surface area contributed by atoms with Gasteiger partial charge in [-0.1, -0.05) is 60.3 Å². The van der Waals surface area contributed by atoms with Crippen molar-refractivity contribution < 1.29 is 4.79 Å². The van der Waals surface area contributed by atoms with Crippen molar-refractivity contribution in [1.29, 1.82) is 0 Å². The van der Waals surface area contributed by atoms with E-state index in [1.54, 1.807) is 16.7 Å². The van der Waals surface area contributed by atoms with Crippen molar-refractivity contribution in [2.24, 2.45) is 0 Å². The van der Waals surface area contributed by atoms with E-state index in [9.17, 15) is 9.59 Å². The first-order chi connectivity index (χ1) is 15.7. The van der Waals surface area contributed by atoms with E-state index in [0.29, 0.717) is 33.8 Å². The number of aromatic nitrogens is 4. The summed E-state index contributed by atoms with van der Waals surface area (Å²) in [5, 5.41) is 3.95. The molecule has 0 fully saturated rings. The molecule has 32 heavy (non-hydrogen) atoms. The fraction of sp³-hybridized carbons (Fsp3) is 0.0870. The van der Waals surface area contributed by atoms with Gasteiger partial charge in [0.05, 0.1) is 40.6 Å². The number of para-hydroxylation sites is 1. The maximum Gasteiger partial charge on any atom is 0.262 e. The lowest BCUT2D eigenvalue weighted by Crippen LogP contribution is -2.24. The molecule has 9 heteroatoms. The maximum atomic E-state index is 13.2. The zero-order valence-electron chi connectivity index (χ0n) is 16.8. The molecule has 2 heterocycles. The van der Waals surface area contributed by atoms with Gasteiger partial charge < -0.3 is 5.32 Å². The molecule has 0 radical (unpaired) electrons. The van der Waals surface area contributed by atoms with Crippen LogP contribution in [0, 0.1) is 0 Å². The first-order valence-corrected chi connectivity index (χ1v) is 11.6. The normalized spacial score (nSPS) is 11.1. The number of carbonyl (C=O) groups excluding carboxylic acids is 1. The monoisotopic (exact) mass is 459 g/mol. The fourth-order valence-electron chi connectivity index (χ4n) is 3.39. The van der Waals surface area contributed by atoms with Gasteiger partial charge in [-0.3, -0.25) is 14.2 Å². The lowest BCUT2D eigenvalue weighted by molar-refractivity contribution is -0.113. The Morgan fingerprint density at radius 2 is 1.72 bits per heavy atom. The van der Waals surface area contributed by atoms with Crippen LogP contribution < -0.4 is 10.9 Å². The van der Waals surface area contributed by atoms with Crippen molar-refractivity contribution in [3.63, 3.8) is 0 Å². The number of nitrogens with one attached hydrogen (secondary N) is 1. The van der Waals surface area contributed by atoms with E-state index < -0.39 is 0 Å². The Kier molecular flexibility index (Phi) is 5.66. The van der Waals surface area contributed by atoms with E-state index in [2.05, 4.69) is 19.0 Å². The molecule has 0 unspecified atom stereocenters. The van der Waals surface area contributed by atoms with Crippen LogP contribution in [-0.4, -0.2) is 30.0 Å². The molecule has 1 amide bonds. The van der Waals surface area contributed by atoms with Gasteiger partial charge in [0.1, 0.15) is 11.0 Å². The Hall–Kier alpha value is -3.56. The van der Waals surface area contributed by atoms with Gasteiger partial charge in [-0.05, 0) is 29.8 Å². The number of amides is 1. The first kappa shape index (κ1) is 20.3. The van der Waals surface area contributed by atoms with E-state index in [1.807, 2.05) is 60.7 Å². The van der Waals surface area contributed by atoms with Gasteiger partial charge in [0.15, 0.2) is 5.16 Å². The topological polar surface area (TPSA) is 89.8 Å². The van der Waals surface area contributed by atoms with Crippen LogP contribution in [0.2, 0.25) is 0 Å². The van der Waals surface area contributed by atoms with Gasteiger partial charge in [0.25, 0.3) is 5.56 Å². The van der Waals surface area contributed by atoms with Crippen molar-refractivity contribution in [2.45, 2.75) is 11.7 Å². The Morgan fingerprint density at radius 1 is 0.938 bits per heavy atom. The molecule has 3 aromatic carbocycles. The summed E-state index contributed by atoms with van der Waals surface area (Å²) in [6, 6.07) is 22.5. The number of hydrogen-bond acceptors (Lipinski definition) is 7. The van der Waals surface area contributed by atoms with Gasteiger partial charge in [-0.15, -0.1) is 0 Å². The summed E-state index contributed by atoms with van der Waals surface area (Å²) < 4.78 is 10.1. The molecule has 1 N–H and O–H groups in total. The van der Waals surface area contributed by atoms with Crippen molar-refractivity contribution in [3.05, 3.63) is 88.7 Å². The van der Waals surface area contributed by atoms with Gasteiger partial charge >= 0.3 is 0 Å². The van der Waals surface area contributed by atoms with Crippen molar-refractivity contribution >= 4 is 57.0 Å². The summed E-state index contributed by atoms with van der Waals surface area (Å²) in [5.74, 6) is -0.0998. The quantitative estimate of drug-likeness (QED) is 0.303. The van der Waals surface area contributed by atoms with Gasteiger partial charge in [0.2, 0.25) is 5.91 Å². The summed E-state index contributed by atoms with van der Waals surface area (Å²) in [4.78, 5) is 30.6. The zero-order valence-corrected chi connectivity index (χ0v) is 18.4. The number of hydrogen-bond donors (Lipinski definition) is 1. The molecule has 0 aliphatic heterocycles. The van der Waals surface area contributed by atoms with E-state index >= 15 is 0 Å². The summed E-state index contributed by atoms with van der Waals surface area (Å²) >= 11 is 2.34. The van der Waals surface area contributed by atoms with Crippen molar-refractivity contribution in [3.8, 4) is 0 Å². The zero-order chi connectivity index (χ0) is 21.9. The summed E-state index contributed by atoms with van der Waals surface area (Å²) in [5.41, 5.74) is 3.51. The van der Waals surface area contributed by atoms with E-state index in [4.69, 9.17) is 0 Å². The summed E-state index contributed by atoms with van der Waals surface area (Å²) in [6.07, 6.45) is 0. The van der Waals surface area contributed by atoms with Crippen molar-refractivity contribution in [2.75, 3.05) is 11.1 Å². The van der Waals surface area contributed by atoms with Crippen LogP contribution in [0.5, 0.6) is 0 Å². The number of thioether (sulfide) groups is 1. The van der Waals surface area contributed by atoms with Gasteiger partial charge in [-0.25, -0.2) is 4.98 Å². The molecule has 5 aromatic rings. The number of nitrogens with zero attached hydrogens (tertiary/aromatic N) is 4. The highest BCUT2D eigenvalue weighted by molar-refractivity contribution is 7.99. The third-order valence-electron chi connectivity index (χ3n) is 4.90. The molecule has 2 aromatic heterocycles. The minimum Gasteiger partial charge on any atom is -0.323 e. The average molecular weight is 460 g/mol. The van der Waals surface area contributed by atoms with Crippen LogP contribution >= 0.6 is 23.5 Å². The van der Waals surface area contributed by atoms with Crippen LogP contribution in [-0.2, 0) is 11.3 Å². The van der Waals surface area contributed by atoms with E-state index in [1.165, 1.54) is 11.8 Å². The number of anilines is 1. The fourth-order valence-corrected chi connectivity index (χ4v) is 4.73. The second-order valence-corrected chi connectivity index (χ2v) is 8.53. The molecular weight excluding hydrogens is 442 g/mol. The second kappa shape index (κ2) is 8.89. The second-order valence-electron chi connectivity index (χ2n) is 7.06. The van der Waals surface area contributed by atoms with E-state index in [-0.39, 0.29) is 17.2 Å². The van der Waals surface area contributed by atoms with Crippen LogP contribution in [0.3, 0.4) is 0 Å². The molecule has 0 aliphatic rings. The summed E-state index contributed by atoms with van der Waals surface area (Å²) in [7, 11) is 0. The minimum absolute atomic E-state index is 0.105. The molecule has 0 saturated heterocycles. The maximum absolute atomic E-state index is 13.2. The third-order valence-corrected chi connectivity index (χ3v) is 6.42. The lowest BCUT2D eigenvalue weighted by Gasteiger charge is -2.13. The summed E-state index contributed by atoms with van der Waals surface area (Å²) in [6.45, 7) is 0.380. The molecule has 0 bridgehead atoms. The molecule has 5 rings (SSSR count). The van der Waals surface area contributed by atoms with Gasteiger partial charge in [-0.2, -0.15) is 8.75 Å². The molecule has 0 aliphatic carbocycles. The van der Waals surface area contributed by atoms with E-state index in [0.717, 1.165) is 22.8 Å². The molecule has 0 spiro atoms. The largest absolute Gasteiger partial charge is 0.323 e. The van der Waals surface area contributed by atoms with Crippen LogP contribution in [0.25, 0.3) is 21.9 Å². The standard InChI is InChI=1S/C23H17N5O2S2/c29-20(24-18-11-6-12-19-21(18)27-32-26-19)14-31-23-25-17-10-5-4-9-16(17)22(30)28(23)13-15-7-2-1-3-8-15/h1-12H,13-14H2,(H,24,29). The highest BCUT2D eigenvalue weighted by atomic mass is 32.2.